The molecule has 0 aliphatic heterocycles. The van der Waals surface area contributed by atoms with E-state index >= 15 is 0 Å². The Morgan fingerprint density at radius 1 is 0.615 bits per heavy atom. The third-order valence-electron chi connectivity index (χ3n) is 7.10. The van der Waals surface area contributed by atoms with Crippen molar-refractivity contribution in [3.8, 4) is 0 Å². The number of unbranched alkanes of at least 4 members (excludes halogenated alkanes) is 13. The summed E-state index contributed by atoms with van der Waals surface area (Å²) in [5.41, 5.74) is 0. The first-order valence-electron chi connectivity index (χ1n) is 16.6. The second-order valence-electron chi connectivity index (χ2n) is 14.8. The molecule has 1 N–H and O–H groups in total. The minimum Gasteiger partial charge on any atom is -0.437 e. The van der Waals surface area contributed by atoms with Crippen LogP contribution in [0.2, 0.25) is 51.9 Å². The molecule has 0 aromatic heterocycles. The normalized spacial score (nSPS) is 14.2. The van der Waals surface area contributed by atoms with Gasteiger partial charge in [0.05, 0.1) is 27.2 Å². The first kappa shape index (κ1) is 39.5. The third kappa shape index (κ3) is 27.1. The Hall–Kier alpha value is 0.451. The van der Waals surface area contributed by atoms with Crippen LogP contribution in [0.1, 0.15) is 103 Å². The minimum absolute atomic E-state index is 0.410. The van der Waals surface area contributed by atoms with Crippen LogP contribution in [-0.2, 0) is 13.0 Å². The quantitative estimate of drug-likeness (QED) is 0.0575. The summed E-state index contributed by atoms with van der Waals surface area (Å²) in [6.45, 7) is 21.0. The first-order chi connectivity index (χ1) is 18.1. The third-order valence-corrected chi connectivity index (χ3v) is 16.7. The van der Waals surface area contributed by atoms with Crippen LogP contribution in [0.15, 0.2) is 0 Å². The van der Waals surface area contributed by atoms with E-state index in [4.69, 9.17) is 13.0 Å². The van der Waals surface area contributed by atoms with E-state index in [1.165, 1.54) is 89.9 Å². The zero-order chi connectivity index (χ0) is 29.8. The summed E-state index contributed by atoms with van der Waals surface area (Å²) in [7, 11) is -1.04. The molecule has 0 aromatic carbocycles. The van der Waals surface area contributed by atoms with Crippen LogP contribution in [0.25, 0.3) is 0 Å². The summed E-state index contributed by atoms with van der Waals surface area (Å²) in [5, 5.41) is 10.6. The van der Waals surface area contributed by atoms with Crippen molar-refractivity contribution < 1.29 is 22.6 Å². The molecule has 0 aromatic rings. The van der Waals surface area contributed by atoms with E-state index in [0.29, 0.717) is 13.2 Å². The topological polar surface area (TPSA) is 47.9 Å². The highest BCUT2D eigenvalue weighted by atomic mass is 28.5. The van der Waals surface area contributed by atoms with Crippen molar-refractivity contribution in [2.75, 3.05) is 40.4 Å². The molecule has 236 valence electrons. The highest BCUT2D eigenvalue weighted by Crippen LogP contribution is 2.25. The van der Waals surface area contributed by atoms with E-state index in [1.807, 2.05) is 0 Å². The average Bonchev–Trinajstić information content (AvgIpc) is 2.76. The molecule has 0 aliphatic rings. The van der Waals surface area contributed by atoms with E-state index in [0.717, 1.165) is 30.0 Å². The van der Waals surface area contributed by atoms with Crippen molar-refractivity contribution in [3.05, 3.63) is 0 Å². The smallest absolute Gasteiger partial charge is 0.314 e. The van der Waals surface area contributed by atoms with Crippen LogP contribution < -0.4 is 0 Å². The molecule has 8 heteroatoms. The number of rotatable bonds is 27. The van der Waals surface area contributed by atoms with Gasteiger partial charge in [0.1, 0.15) is 12.6 Å². The van der Waals surface area contributed by atoms with Gasteiger partial charge in [0, 0.05) is 6.61 Å². The van der Waals surface area contributed by atoms with E-state index in [9.17, 15) is 5.11 Å². The summed E-state index contributed by atoms with van der Waals surface area (Å²) >= 11 is 0. The summed E-state index contributed by atoms with van der Waals surface area (Å²) in [6, 6.07) is 0.957. The predicted octanol–water partition coefficient (Wildman–Crippen LogP) is 9.09. The molecule has 0 saturated carbocycles. The lowest BCUT2D eigenvalue weighted by atomic mass is 10.0. The molecule has 0 spiro atoms. The lowest BCUT2D eigenvalue weighted by Crippen LogP contribution is -2.52. The van der Waals surface area contributed by atoms with Gasteiger partial charge in [-0.05, 0) is 71.1 Å². The second-order valence-corrected chi connectivity index (χ2v) is 27.7. The van der Waals surface area contributed by atoms with Crippen molar-refractivity contribution in [2.24, 2.45) is 0 Å². The Morgan fingerprint density at radius 3 is 1.44 bits per heavy atom. The molecule has 0 fully saturated rings. The number of hydrogen-bond acceptors (Lipinski definition) is 4. The van der Waals surface area contributed by atoms with Gasteiger partial charge in [-0.25, -0.2) is 0 Å². The average molecular weight is 607 g/mol. The van der Waals surface area contributed by atoms with Gasteiger partial charge < -0.3 is 22.6 Å². The van der Waals surface area contributed by atoms with Crippen molar-refractivity contribution in [1.82, 2.24) is 0 Å². The molecule has 1 unspecified atom stereocenters. The Labute approximate surface area is 248 Å². The number of ether oxygens (including phenoxy) is 1. The summed E-state index contributed by atoms with van der Waals surface area (Å²) < 4.78 is 19.9. The molecule has 0 rings (SSSR count). The second kappa shape index (κ2) is 21.2. The van der Waals surface area contributed by atoms with Crippen molar-refractivity contribution >= 4 is 25.2 Å². The van der Waals surface area contributed by atoms with E-state index < -0.39 is 31.3 Å². The molecule has 0 amide bonds. The fourth-order valence-corrected chi connectivity index (χ4v) is 18.1. The molecule has 5 nitrogen and oxygen atoms in total. The van der Waals surface area contributed by atoms with Gasteiger partial charge in [0.25, 0.3) is 0 Å². The Morgan fingerprint density at radius 2 is 1.03 bits per heavy atom. The maximum atomic E-state index is 10.6. The number of likely N-dealkylation sites (N-methyl/N-ethyl adjacent to an activating group) is 1. The predicted molar refractivity (Wildman–Crippen MR) is 179 cm³/mol. The molecule has 39 heavy (non-hydrogen) atoms. The SMILES string of the molecule is CCCCCCCCCCCCCCCC[N+](C)(C)CC(O)COCCC[Si](C)(O[Si](C)(C)C)O[Si](C)(C)C. The zero-order valence-electron chi connectivity index (χ0n) is 28.3. The van der Waals surface area contributed by atoms with Crippen LogP contribution in [0, 0.1) is 0 Å². The van der Waals surface area contributed by atoms with Gasteiger partial charge in [-0.15, -0.1) is 0 Å². The number of hydrogen-bond donors (Lipinski definition) is 1. The standard InChI is InChI=1S/C31H72NO4Si3/c1-11-12-13-14-15-16-17-18-19-20-21-22-23-24-26-32(2,3)29-31(33)30-34-27-25-28-39(10,35-37(4,5)6)36-38(7,8)9/h31,33H,11-30H2,1-10H3/q+1. The molecule has 1 atom stereocenters. The fraction of sp³-hybridized carbons (Fsp3) is 1.00. The molecular formula is C31H72NO4Si3+. The van der Waals surface area contributed by atoms with E-state index in [2.05, 4.69) is 66.8 Å². The largest absolute Gasteiger partial charge is 0.437 e. The Bertz CT molecular complexity index is 563. The Balaban J connectivity index is 3.92. The summed E-state index contributed by atoms with van der Waals surface area (Å²) in [6.07, 6.45) is 20.0. The number of nitrogens with zero attached hydrogens (tertiary/aromatic N) is 1. The Kier molecular flexibility index (Phi) is 21.4. The highest BCUT2D eigenvalue weighted by Gasteiger charge is 2.39. The summed E-state index contributed by atoms with van der Waals surface area (Å²) in [5.74, 6) is 0. The maximum Gasteiger partial charge on any atom is 0.314 e. The van der Waals surface area contributed by atoms with Gasteiger partial charge in [0.2, 0.25) is 0 Å². The van der Waals surface area contributed by atoms with Gasteiger partial charge in [0.15, 0.2) is 16.6 Å². The summed E-state index contributed by atoms with van der Waals surface area (Å²) in [4.78, 5) is 0. The molecular weight excluding hydrogens is 535 g/mol. The van der Waals surface area contributed by atoms with E-state index in [-0.39, 0.29) is 0 Å². The van der Waals surface area contributed by atoms with Crippen LogP contribution >= 0.6 is 0 Å². The van der Waals surface area contributed by atoms with Crippen molar-refractivity contribution in [2.45, 2.75) is 161 Å². The van der Waals surface area contributed by atoms with Crippen LogP contribution in [-0.4, -0.2) is 81.3 Å². The van der Waals surface area contributed by atoms with E-state index in [1.54, 1.807) is 0 Å². The minimum atomic E-state index is -2.20. The van der Waals surface area contributed by atoms with Crippen molar-refractivity contribution in [3.63, 3.8) is 0 Å². The number of aliphatic hydroxyl groups is 1. The van der Waals surface area contributed by atoms with Gasteiger partial charge in [-0.1, -0.05) is 84.0 Å². The maximum absolute atomic E-state index is 10.6. The molecule has 0 saturated heterocycles. The van der Waals surface area contributed by atoms with Crippen molar-refractivity contribution in [1.29, 1.82) is 0 Å². The number of aliphatic hydroxyl groups excluding tert-OH is 1. The van der Waals surface area contributed by atoms with Gasteiger partial charge in [-0.2, -0.15) is 0 Å². The molecule has 0 bridgehead atoms. The lowest BCUT2D eigenvalue weighted by molar-refractivity contribution is -0.893. The monoisotopic (exact) mass is 606 g/mol. The molecule has 0 radical (unpaired) electrons. The highest BCUT2D eigenvalue weighted by molar-refractivity contribution is 6.87. The number of quaternary nitrogens is 1. The van der Waals surface area contributed by atoms with Crippen LogP contribution in [0.3, 0.4) is 0 Å². The fourth-order valence-electron chi connectivity index (χ4n) is 5.58. The van der Waals surface area contributed by atoms with Crippen LogP contribution in [0.5, 0.6) is 0 Å². The molecule has 0 aliphatic carbocycles. The van der Waals surface area contributed by atoms with Gasteiger partial charge in [-0.3, -0.25) is 0 Å². The zero-order valence-corrected chi connectivity index (χ0v) is 31.3. The molecule has 0 heterocycles. The van der Waals surface area contributed by atoms with Gasteiger partial charge >= 0.3 is 8.56 Å². The lowest BCUT2D eigenvalue weighted by Gasteiger charge is -2.38. The first-order valence-corrected chi connectivity index (χ1v) is 25.9. The van der Waals surface area contributed by atoms with Crippen LogP contribution in [0.4, 0.5) is 0 Å².